The van der Waals surface area contributed by atoms with Gasteiger partial charge >= 0.3 is 0 Å². The van der Waals surface area contributed by atoms with E-state index in [0.717, 1.165) is 17.5 Å². The van der Waals surface area contributed by atoms with Crippen molar-refractivity contribution in [1.29, 1.82) is 0 Å². The predicted octanol–water partition coefficient (Wildman–Crippen LogP) is 2.46. The van der Waals surface area contributed by atoms with Gasteiger partial charge in [-0.1, -0.05) is 24.3 Å². The number of aryl methyl sites for hydroxylation is 1. The maximum absolute atomic E-state index is 12.0. The minimum Gasteiger partial charge on any atom is -0.390 e. The molecule has 104 valence electrons. The molecular weight excluding hydrogens is 270 g/mol. The van der Waals surface area contributed by atoms with Gasteiger partial charge in [-0.25, -0.2) is 0 Å². The Labute approximate surface area is 122 Å². The van der Waals surface area contributed by atoms with Crippen LogP contribution in [0.1, 0.15) is 29.2 Å². The van der Waals surface area contributed by atoms with E-state index in [1.165, 1.54) is 5.56 Å². The number of carbonyl (C=O) groups excluding carboxylic acids is 1. The molecule has 0 aliphatic heterocycles. The van der Waals surface area contributed by atoms with Crippen LogP contribution in [0.5, 0.6) is 0 Å². The van der Waals surface area contributed by atoms with Gasteiger partial charge in [-0.15, -0.1) is 0 Å². The first-order valence-corrected chi connectivity index (χ1v) is 7.74. The Morgan fingerprint density at radius 3 is 3.00 bits per heavy atom. The van der Waals surface area contributed by atoms with E-state index in [9.17, 15) is 9.90 Å². The van der Waals surface area contributed by atoms with E-state index in [1.54, 1.807) is 11.3 Å². The summed E-state index contributed by atoms with van der Waals surface area (Å²) in [7, 11) is 0. The van der Waals surface area contributed by atoms with Crippen molar-refractivity contribution in [3.8, 4) is 0 Å². The fourth-order valence-electron chi connectivity index (χ4n) is 2.69. The highest BCUT2D eigenvalue weighted by molar-refractivity contribution is 7.07. The Hall–Kier alpha value is -1.65. The van der Waals surface area contributed by atoms with Gasteiger partial charge < -0.3 is 10.4 Å². The van der Waals surface area contributed by atoms with Gasteiger partial charge in [-0.05, 0) is 39.9 Å². The van der Waals surface area contributed by atoms with Crippen molar-refractivity contribution in [3.63, 3.8) is 0 Å². The Bertz CT molecular complexity index is 594. The third kappa shape index (κ3) is 2.76. The lowest BCUT2D eigenvalue weighted by molar-refractivity contribution is -0.122. The average Bonchev–Trinajstić information content (AvgIpc) is 3.06. The van der Waals surface area contributed by atoms with Gasteiger partial charge in [0.1, 0.15) is 0 Å². The van der Waals surface area contributed by atoms with E-state index in [4.69, 9.17) is 0 Å². The first-order chi connectivity index (χ1) is 9.74. The second-order valence-corrected chi connectivity index (χ2v) is 5.93. The van der Waals surface area contributed by atoms with Crippen LogP contribution in [0.2, 0.25) is 0 Å². The standard InChI is InChI=1S/C16H17NO2S/c18-14-9-12-3-1-2-4-13(12)16(14)17-15(19)6-5-11-7-8-20-10-11/h1-4,7-8,10,14,16,18H,5-6,9H2,(H,17,19)/t14-,16+/m0/s1. The van der Waals surface area contributed by atoms with Crippen molar-refractivity contribution < 1.29 is 9.90 Å². The van der Waals surface area contributed by atoms with E-state index >= 15 is 0 Å². The van der Waals surface area contributed by atoms with Gasteiger partial charge in [0, 0.05) is 12.8 Å². The number of rotatable bonds is 4. The molecular formula is C16H17NO2S. The molecule has 0 bridgehead atoms. The first kappa shape index (κ1) is 13.3. The van der Waals surface area contributed by atoms with Gasteiger partial charge in [0.2, 0.25) is 5.91 Å². The zero-order valence-corrected chi connectivity index (χ0v) is 11.9. The van der Waals surface area contributed by atoms with E-state index in [1.807, 2.05) is 35.7 Å². The Morgan fingerprint density at radius 2 is 2.20 bits per heavy atom. The molecule has 1 aromatic carbocycles. The molecule has 0 saturated heterocycles. The summed E-state index contributed by atoms with van der Waals surface area (Å²) in [4.78, 5) is 12.0. The number of aliphatic hydroxyl groups excluding tert-OH is 1. The lowest BCUT2D eigenvalue weighted by Crippen LogP contribution is -2.33. The molecule has 0 saturated carbocycles. The van der Waals surface area contributed by atoms with Crippen LogP contribution >= 0.6 is 11.3 Å². The number of aliphatic hydroxyl groups is 1. The van der Waals surface area contributed by atoms with Crippen molar-refractivity contribution >= 4 is 17.2 Å². The molecule has 4 heteroatoms. The van der Waals surface area contributed by atoms with Crippen LogP contribution in [0, 0.1) is 0 Å². The lowest BCUT2D eigenvalue weighted by Gasteiger charge is -2.17. The Kier molecular flexibility index (Phi) is 3.85. The number of amides is 1. The molecule has 0 unspecified atom stereocenters. The number of thiophene rings is 1. The number of fused-ring (bicyclic) bond motifs is 1. The van der Waals surface area contributed by atoms with Crippen molar-refractivity contribution in [2.45, 2.75) is 31.4 Å². The fourth-order valence-corrected chi connectivity index (χ4v) is 3.39. The molecule has 1 aliphatic carbocycles. The molecule has 2 atom stereocenters. The number of nitrogens with one attached hydrogen (secondary N) is 1. The lowest BCUT2D eigenvalue weighted by atomic mass is 10.1. The SMILES string of the molecule is O=C(CCc1ccsc1)N[C@@H]1c2ccccc2C[C@@H]1O. The van der Waals surface area contributed by atoms with E-state index in [-0.39, 0.29) is 11.9 Å². The van der Waals surface area contributed by atoms with Crippen molar-refractivity contribution in [2.24, 2.45) is 0 Å². The maximum atomic E-state index is 12.0. The van der Waals surface area contributed by atoms with Crippen LogP contribution in [0.3, 0.4) is 0 Å². The average molecular weight is 287 g/mol. The van der Waals surface area contributed by atoms with Gasteiger partial charge in [0.05, 0.1) is 12.1 Å². The summed E-state index contributed by atoms with van der Waals surface area (Å²) in [6, 6.07) is 9.68. The monoisotopic (exact) mass is 287 g/mol. The van der Waals surface area contributed by atoms with Crippen LogP contribution < -0.4 is 5.32 Å². The summed E-state index contributed by atoms with van der Waals surface area (Å²) in [6.45, 7) is 0. The van der Waals surface area contributed by atoms with Crippen LogP contribution in [-0.4, -0.2) is 17.1 Å². The molecule has 20 heavy (non-hydrogen) atoms. The zero-order valence-electron chi connectivity index (χ0n) is 11.1. The number of hydrogen-bond donors (Lipinski definition) is 2. The van der Waals surface area contributed by atoms with E-state index in [0.29, 0.717) is 12.8 Å². The van der Waals surface area contributed by atoms with Crippen LogP contribution in [0.4, 0.5) is 0 Å². The van der Waals surface area contributed by atoms with E-state index in [2.05, 4.69) is 10.7 Å². The van der Waals surface area contributed by atoms with Crippen molar-refractivity contribution in [3.05, 3.63) is 57.8 Å². The smallest absolute Gasteiger partial charge is 0.220 e. The second kappa shape index (κ2) is 5.77. The highest BCUT2D eigenvalue weighted by Crippen LogP contribution is 2.31. The normalized spacial score (nSPS) is 20.6. The minimum atomic E-state index is -0.516. The van der Waals surface area contributed by atoms with Crippen LogP contribution in [-0.2, 0) is 17.6 Å². The van der Waals surface area contributed by atoms with E-state index < -0.39 is 6.10 Å². The number of carbonyl (C=O) groups is 1. The van der Waals surface area contributed by atoms with Crippen LogP contribution in [0.15, 0.2) is 41.1 Å². The Morgan fingerprint density at radius 1 is 1.35 bits per heavy atom. The van der Waals surface area contributed by atoms with Gasteiger partial charge in [0.25, 0.3) is 0 Å². The first-order valence-electron chi connectivity index (χ1n) is 6.80. The minimum absolute atomic E-state index is 0.00282. The van der Waals surface area contributed by atoms with Crippen LogP contribution in [0.25, 0.3) is 0 Å². The molecule has 3 rings (SSSR count). The molecule has 1 heterocycles. The number of hydrogen-bond acceptors (Lipinski definition) is 3. The van der Waals surface area contributed by atoms with Gasteiger partial charge in [0.15, 0.2) is 0 Å². The molecule has 1 aliphatic rings. The predicted molar refractivity (Wildman–Crippen MR) is 79.7 cm³/mol. The Balaban J connectivity index is 1.61. The molecule has 0 spiro atoms. The summed E-state index contributed by atoms with van der Waals surface area (Å²) in [5.74, 6) is -0.00282. The highest BCUT2D eigenvalue weighted by atomic mass is 32.1. The summed E-state index contributed by atoms with van der Waals surface area (Å²) in [6.07, 6.45) is 1.31. The molecule has 1 amide bonds. The number of benzene rings is 1. The summed E-state index contributed by atoms with van der Waals surface area (Å²) in [5.41, 5.74) is 3.37. The molecule has 0 fully saturated rings. The summed E-state index contributed by atoms with van der Waals surface area (Å²) in [5, 5.41) is 17.1. The quantitative estimate of drug-likeness (QED) is 0.907. The largest absolute Gasteiger partial charge is 0.390 e. The molecule has 0 radical (unpaired) electrons. The van der Waals surface area contributed by atoms with Gasteiger partial charge in [-0.2, -0.15) is 11.3 Å². The molecule has 2 N–H and O–H groups in total. The highest BCUT2D eigenvalue weighted by Gasteiger charge is 2.31. The third-order valence-corrected chi connectivity index (χ3v) is 4.47. The van der Waals surface area contributed by atoms with Crippen molar-refractivity contribution in [2.75, 3.05) is 0 Å². The zero-order chi connectivity index (χ0) is 13.9. The fraction of sp³-hybridized carbons (Fsp3) is 0.312. The molecule has 3 nitrogen and oxygen atoms in total. The molecule has 1 aromatic heterocycles. The van der Waals surface area contributed by atoms with Gasteiger partial charge in [-0.3, -0.25) is 4.79 Å². The summed E-state index contributed by atoms with van der Waals surface area (Å²) < 4.78 is 0. The maximum Gasteiger partial charge on any atom is 0.220 e. The molecule has 2 aromatic rings. The third-order valence-electron chi connectivity index (χ3n) is 3.74. The van der Waals surface area contributed by atoms with Crippen molar-refractivity contribution in [1.82, 2.24) is 5.32 Å². The summed E-state index contributed by atoms with van der Waals surface area (Å²) >= 11 is 1.64. The second-order valence-electron chi connectivity index (χ2n) is 5.15. The topological polar surface area (TPSA) is 49.3 Å².